The normalized spacial score (nSPS) is 10.4. The van der Waals surface area contributed by atoms with E-state index in [-0.39, 0.29) is 18.9 Å². The average Bonchev–Trinajstić information content (AvgIpc) is 2.85. The van der Waals surface area contributed by atoms with Gasteiger partial charge in [-0.25, -0.2) is 4.98 Å². The summed E-state index contributed by atoms with van der Waals surface area (Å²) in [7, 11) is 0. The number of benzene rings is 1. The fourth-order valence-electron chi connectivity index (χ4n) is 1.94. The van der Waals surface area contributed by atoms with Crippen molar-refractivity contribution in [1.82, 2.24) is 4.98 Å². The maximum absolute atomic E-state index is 12.0. The van der Waals surface area contributed by atoms with Crippen LogP contribution >= 0.6 is 11.3 Å². The van der Waals surface area contributed by atoms with Crippen LogP contribution in [-0.4, -0.2) is 22.6 Å². The van der Waals surface area contributed by atoms with Gasteiger partial charge in [-0.2, -0.15) is 0 Å². The fraction of sp³-hybridized carbons (Fsp3) is 0.333. The van der Waals surface area contributed by atoms with Crippen molar-refractivity contribution in [3.05, 3.63) is 39.8 Å². The monoisotopic (exact) mass is 306 g/mol. The number of aryl methyl sites for hydroxylation is 1. The molecule has 21 heavy (non-hydrogen) atoms. The van der Waals surface area contributed by atoms with E-state index < -0.39 is 0 Å². The summed E-state index contributed by atoms with van der Waals surface area (Å²) in [5.41, 5.74) is 2.06. The van der Waals surface area contributed by atoms with E-state index in [9.17, 15) is 9.90 Å². The van der Waals surface area contributed by atoms with E-state index in [1.165, 1.54) is 11.3 Å². The molecule has 0 saturated heterocycles. The van der Waals surface area contributed by atoms with Gasteiger partial charge in [0.2, 0.25) is 5.91 Å². The van der Waals surface area contributed by atoms with E-state index >= 15 is 0 Å². The molecule has 2 aromatic rings. The number of aromatic nitrogens is 1. The SMILES string of the molecule is CCOc1ccc(NC(=O)Cc2csc(C)n2)cc1CO. The molecule has 0 aliphatic rings. The number of anilines is 1. The molecule has 112 valence electrons. The summed E-state index contributed by atoms with van der Waals surface area (Å²) in [6.45, 7) is 4.19. The Balaban J connectivity index is 2.03. The zero-order valence-corrected chi connectivity index (χ0v) is 12.9. The summed E-state index contributed by atoms with van der Waals surface area (Å²) >= 11 is 1.53. The molecular weight excluding hydrogens is 288 g/mol. The van der Waals surface area contributed by atoms with Crippen LogP contribution in [0.15, 0.2) is 23.6 Å². The summed E-state index contributed by atoms with van der Waals surface area (Å²) in [6, 6.07) is 5.22. The molecule has 0 unspecified atom stereocenters. The second kappa shape index (κ2) is 7.19. The molecule has 0 fully saturated rings. The molecule has 0 aliphatic heterocycles. The minimum Gasteiger partial charge on any atom is -0.494 e. The van der Waals surface area contributed by atoms with Crippen molar-refractivity contribution in [2.75, 3.05) is 11.9 Å². The van der Waals surface area contributed by atoms with Gasteiger partial charge in [0.25, 0.3) is 0 Å². The number of carbonyl (C=O) groups is 1. The Kier molecular flexibility index (Phi) is 5.30. The van der Waals surface area contributed by atoms with E-state index in [1.54, 1.807) is 18.2 Å². The number of amides is 1. The lowest BCUT2D eigenvalue weighted by Crippen LogP contribution is -2.15. The van der Waals surface area contributed by atoms with Crippen LogP contribution in [0.4, 0.5) is 5.69 Å². The highest BCUT2D eigenvalue weighted by Gasteiger charge is 2.09. The maximum Gasteiger partial charge on any atom is 0.230 e. The molecule has 0 radical (unpaired) electrons. The number of rotatable bonds is 6. The van der Waals surface area contributed by atoms with Gasteiger partial charge < -0.3 is 15.2 Å². The first-order chi connectivity index (χ1) is 10.1. The van der Waals surface area contributed by atoms with Crippen molar-refractivity contribution in [2.24, 2.45) is 0 Å². The smallest absolute Gasteiger partial charge is 0.230 e. The lowest BCUT2D eigenvalue weighted by Gasteiger charge is -2.11. The predicted octanol–water partition coefficient (Wildman–Crippen LogP) is 2.52. The number of nitrogens with one attached hydrogen (secondary N) is 1. The standard InChI is InChI=1S/C15H18N2O3S/c1-3-20-14-5-4-12(6-11(14)8-18)17-15(19)7-13-9-21-10(2)16-13/h4-6,9,18H,3,7-8H2,1-2H3,(H,17,19). The number of nitrogens with zero attached hydrogens (tertiary/aromatic N) is 1. The van der Waals surface area contributed by atoms with Gasteiger partial charge in [0, 0.05) is 16.6 Å². The third-order valence-corrected chi connectivity index (χ3v) is 3.65. The summed E-state index contributed by atoms with van der Waals surface area (Å²) in [6.07, 6.45) is 0.242. The molecule has 1 amide bonds. The van der Waals surface area contributed by atoms with E-state index in [4.69, 9.17) is 4.74 Å². The summed E-state index contributed by atoms with van der Waals surface area (Å²) in [4.78, 5) is 16.2. The van der Waals surface area contributed by atoms with Crippen LogP contribution in [-0.2, 0) is 17.8 Å². The van der Waals surface area contributed by atoms with Crippen LogP contribution < -0.4 is 10.1 Å². The first-order valence-electron chi connectivity index (χ1n) is 6.69. The topological polar surface area (TPSA) is 71.5 Å². The second-order valence-electron chi connectivity index (χ2n) is 4.50. The van der Waals surface area contributed by atoms with Gasteiger partial charge in [0.05, 0.1) is 30.3 Å². The number of aliphatic hydroxyl groups is 1. The quantitative estimate of drug-likeness (QED) is 0.860. The van der Waals surface area contributed by atoms with Crippen LogP contribution in [0.2, 0.25) is 0 Å². The van der Waals surface area contributed by atoms with Gasteiger partial charge in [0.1, 0.15) is 5.75 Å². The molecule has 5 nitrogen and oxygen atoms in total. The van der Waals surface area contributed by atoms with Crippen LogP contribution in [0.5, 0.6) is 5.75 Å². The Morgan fingerprint density at radius 3 is 2.90 bits per heavy atom. The molecule has 1 heterocycles. The van der Waals surface area contributed by atoms with E-state index in [0.29, 0.717) is 23.6 Å². The van der Waals surface area contributed by atoms with E-state index in [2.05, 4.69) is 10.3 Å². The lowest BCUT2D eigenvalue weighted by molar-refractivity contribution is -0.115. The Morgan fingerprint density at radius 2 is 2.29 bits per heavy atom. The summed E-state index contributed by atoms with van der Waals surface area (Å²) in [5.74, 6) is 0.501. The minimum atomic E-state index is -0.135. The first-order valence-corrected chi connectivity index (χ1v) is 7.57. The van der Waals surface area contributed by atoms with Crippen LogP contribution in [0.25, 0.3) is 0 Å². The van der Waals surface area contributed by atoms with Crippen molar-refractivity contribution in [2.45, 2.75) is 26.9 Å². The lowest BCUT2D eigenvalue weighted by atomic mass is 10.2. The average molecular weight is 306 g/mol. The Bertz CT molecular complexity index is 625. The number of thiazole rings is 1. The molecule has 0 atom stereocenters. The first kappa shape index (κ1) is 15.5. The molecule has 0 spiro atoms. The Morgan fingerprint density at radius 1 is 1.48 bits per heavy atom. The van der Waals surface area contributed by atoms with Gasteiger partial charge in [0.15, 0.2) is 0 Å². The molecule has 1 aromatic carbocycles. The van der Waals surface area contributed by atoms with Gasteiger partial charge in [-0.3, -0.25) is 4.79 Å². The highest BCUT2D eigenvalue weighted by molar-refractivity contribution is 7.09. The molecule has 1 aromatic heterocycles. The molecule has 0 bridgehead atoms. The van der Waals surface area contributed by atoms with Gasteiger partial charge in [-0.1, -0.05) is 0 Å². The van der Waals surface area contributed by atoms with Crippen LogP contribution in [0, 0.1) is 6.92 Å². The van der Waals surface area contributed by atoms with E-state index in [1.807, 2.05) is 19.2 Å². The molecule has 0 saturated carbocycles. The largest absolute Gasteiger partial charge is 0.494 e. The number of ether oxygens (including phenoxy) is 1. The summed E-state index contributed by atoms with van der Waals surface area (Å²) in [5, 5.41) is 15.0. The van der Waals surface area contributed by atoms with Crippen molar-refractivity contribution in [1.29, 1.82) is 0 Å². The third-order valence-electron chi connectivity index (χ3n) is 2.82. The van der Waals surface area contributed by atoms with Crippen molar-refractivity contribution in [3.8, 4) is 5.75 Å². The summed E-state index contributed by atoms with van der Waals surface area (Å²) < 4.78 is 5.40. The van der Waals surface area contributed by atoms with Crippen molar-refractivity contribution in [3.63, 3.8) is 0 Å². The number of hydrogen-bond donors (Lipinski definition) is 2. The fourth-order valence-corrected chi connectivity index (χ4v) is 2.55. The number of aliphatic hydroxyl groups excluding tert-OH is 1. The number of hydrogen-bond acceptors (Lipinski definition) is 5. The highest BCUT2D eigenvalue weighted by Crippen LogP contribution is 2.23. The Hall–Kier alpha value is -1.92. The zero-order chi connectivity index (χ0) is 15.2. The molecule has 6 heteroatoms. The third kappa shape index (κ3) is 4.27. The molecule has 0 aliphatic carbocycles. The number of carbonyl (C=O) groups excluding carboxylic acids is 1. The van der Waals surface area contributed by atoms with Gasteiger partial charge >= 0.3 is 0 Å². The minimum absolute atomic E-state index is 0.131. The van der Waals surface area contributed by atoms with E-state index in [0.717, 1.165) is 10.7 Å². The van der Waals surface area contributed by atoms with Crippen LogP contribution in [0.3, 0.4) is 0 Å². The molecular formula is C15H18N2O3S. The van der Waals surface area contributed by atoms with Gasteiger partial charge in [-0.15, -0.1) is 11.3 Å². The molecule has 2 N–H and O–H groups in total. The second-order valence-corrected chi connectivity index (χ2v) is 5.56. The van der Waals surface area contributed by atoms with Crippen molar-refractivity contribution >= 4 is 22.9 Å². The zero-order valence-electron chi connectivity index (χ0n) is 12.0. The maximum atomic E-state index is 12.0. The molecule has 2 rings (SSSR count). The van der Waals surface area contributed by atoms with Crippen LogP contribution in [0.1, 0.15) is 23.2 Å². The highest BCUT2D eigenvalue weighted by atomic mass is 32.1. The predicted molar refractivity (Wildman–Crippen MR) is 82.7 cm³/mol. The van der Waals surface area contributed by atoms with Crippen molar-refractivity contribution < 1.29 is 14.6 Å². The Labute approximate surface area is 127 Å². The van der Waals surface area contributed by atoms with Gasteiger partial charge in [-0.05, 0) is 32.0 Å².